The number of carbonyl (C=O) groups is 1. The summed E-state index contributed by atoms with van der Waals surface area (Å²) in [5.41, 5.74) is 0. The molecule has 0 radical (unpaired) electrons. The van der Waals surface area contributed by atoms with Crippen LogP contribution in [0.5, 0.6) is 0 Å². The fraction of sp³-hybridized carbons (Fsp3) is 0.667. The molecule has 1 aromatic rings. The van der Waals surface area contributed by atoms with E-state index in [9.17, 15) is 13.2 Å². The van der Waals surface area contributed by atoms with Crippen molar-refractivity contribution in [3.05, 3.63) is 11.6 Å². The highest BCUT2D eigenvalue weighted by molar-refractivity contribution is 7.87. The molecule has 1 aromatic heterocycles. The van der Waals surface area contributed by atoms with Crippen LogP contribution in [0.4, 0.5) is 5.13 Å². The minimum absolute atomic E-state index is 0.378. The van der Waals surface area contributed by atoms with E-state index in [0.29, 0.717) is 19.4 Å². The maximum absolute atomic E-state index is 12.3. The fourth-order valence-electron chi connectivity index (χ4n) is 2.33. The van der Waals surface area contributed by atoms with Gasteiger partial charge in [-0.25, -0.2) is 9.71 Å². The summed E-state index contributed by atoms with van der Waals surface area (Å²) in [5, 5.41) is 2.60. The van der Waals surface area contributed by atoms with Gasteiger partial charge in [0.15, 0.2) is 5.13 Å². The minimum Gasteiger partial charge on any atom is -0.336 e. The third-order valence-corrected chi connectivity index (χ3v) is 5.67. The van der Waals surface area contributed by atoms with Crippen molar-refractivity contribution in [2.75, 3.05) is 25.0 Å². The number of amides is 1. The first-order chi connectivity index (χ1) is 9.95. The van der Waals surface area contributed by atoms with E-state index in [1.54, 1.807) is 6.20 Å². The van der Waals surface area contributed by atoms with Crippen LogP contribution in [-0.2, 0) is 15.0 Å². The minimum atomic E-state index is -3.76. The second-order valence-electron chi connectivity index (χ2n) is 4.96. The van der Waals surface area contributed by atoms with Crippen LogP contribution in [0.1, 0.15) is 26.2 Å². The highest BCUT2D eigenvalue weighted by Gasteiger charge is 2.34. The van der Waals surface area contributed by atoms with Crippen LogP contribution in [0.3, 0.4) is 0 Å². The predicted octanol–water partition coefficient (Wildman–Crippen LogP) is 0.815. The molecule has 1 aliphatic heterocycles. The van der Waals surface area contributed by atoms with E-state index in [1.165, 1.54) is 18.4 Å². The molecule has 7 nitrogen and oxygen atoms in total. The van der Waals surface area contributed by atoms with E-state index in [-0.39, 0.29) is 0 Å². The molecule has 1 aliphatic rings. The van der Waals surface area contributed by atoms with Crippen molar-refractivity contribution in [3.63, 3.8) is 0 Å². The third-order valence-electron chi connectivity index (χ3n) is 3.40. The van der Waals surface area contributed by atoms with E-state index in [4.69, 9.17) is 0 Å². The number of carbonyl (C=O) groups excluding carboxylic acids is 1. The summed E-state index contributed by atoms with van der Waals surface area (Å²) in [6.45, 7) is 2.98. The molecule has 0 spiro atoms. The number of rotatable bonds is 6. The van der Waals surface area contributed by atoms with Crippen molar-refractivity contribution in [2.45, 2.75) is 32.2 Å². The Labute approximate surface area is 129 Å². The lowest BCUT2D eigenvalue weighted by Crippen LogP contribution is -2.49. The molecule has 1 unspecified atom stereocenters. The largest absolute Gasteiger partial charge is 0.336 e. The molecule has 0 saturated carbocycles. The molecule has 1 saturated heterocycles. The second kappa shape index (κ2) is 6.71. The maximum Gasteiger partial charge on any atom is 0.303 e. The lowest BCUT2D eigenvalue weighted by Gasteiger charge is -2.24. The lowest BCUT2D eigenvalue weighted by molar-refractivity contribution is -0.120. The van der Waals surface area contributed by atoms with Gasteiger partial charge in [-0.05, 0) is 19.3 Å². The molecule has 1 atom stereocenters. The first-order valence-electron chi connectivity index (χ1n) is 6.89. The molecule has 1 amide bonds. The van der Waals surface area contributed by atoms with Gasteiger partial charge >= 0.3 is 10.2 Å². The number of thiazole rings is 1. The standard InChI is InChI=1S/C12H20N4O3S2/c1-3-7-15(2)21(18,19)14-11(17)10-5-4-8-16(10)12-13-6-9-20-12/h6,9-10H,3-5,7-8H2,1-2H3,(H,14,17). The number of anilines is 1. The monoisotopic (exact) mass is 332 g/mol. The van der Waals surface area contributed by atoms with Crippen LogP contribution in [0, 0.1) is 0 Å². The Morgan fingerprint density at radius 1 is 1.62 bits per heavy atom. The van der Waals surface area contributed by atoms with Gasteiger partial charge in [0.25, 0.3) is 5.91 Å². The van der Waals surface area contributed by atoms with Gasteiger partial charge in [-0.1, -0.05) is 6.92 Å². The average molecular weight is 332 g/mol. The molecule has 0 aromatic carbocycles. The van der Waals surface area contributed by atoms with Crippen LogP contribution < -0.4 is 9.62 Å². The van der Waals surface area contributed by atoms with Gasteiger partial charge in [-0.15, -0.1) is 11.3 Å². The molecule has 21 heavy (non-hydrogen) atoms. The van der Waals surface area contributed by atoms with Crippen LogP contribution in [0.25, 0.3) is 0 Å². The molecular formula is C12H20N4O3S2. The van der Waals surface area contributed by atoms with Crippen molar-refractivity contribution < 1.29 is 13.2 Å². The zero-order chi connectivity index (χ0) is 15.5. The summed E-state index contributed by atoms with van der Waals surface area (Å²) >= 11 is 1.45. The van der Waals surface area contributed by atoms with Crippen molar-refractivity contribution in [2.24, 2.45) is 0 Å². The number of hydrogen-bond acceptors (Lipinski definition) is 6. The van der Waals surface area contributed by atoms with Crippen LogP contribution in [0.15, 0.2) is 11.6 Å². The van der Waals surface area contributed by atoms with E-state index < -0.39 is 22.2 Å². The van der Waals surface area contributed by atoms with Crippen molar-refractivity contribution in [3.8, 4) is 0 Å². The van der Waals surface area contributed by atoms with E-state index in [2.05, 4.69) is 9.71 Å². The summed E-state index contributed by atoms with van der Waals surface area (Å²) in [7, 11) is -2.30. The average Bonchev–Trinajstić information content (AvgIpc) is 3.09. The second-order valence-corrected chi connectivity index (χ2v) is 7.61. The zero-order valence-electron chi connectivity index (χ0n) is 12.2. The summed E-state index contributed by atoms with van der Waals surface area (Å²) in [6, 6.07) is -0.471. The summed E-state index contributed by atoms with van der Waals surface area (Å²) in [4.78, 5) is 18.4. The van der Waals surface area contributed by atoms with E-state index in [0.717, 1.165) is 22.4 Å². The molecule has 0 bridgehead atoms. The van der Waals surface area contributed by atoms with E-state index in [1.807, 2.05) is 17.2 Å². The van der Waals surface area contributed by atoms with Crippen LogP contribution >= 0.6 is 11.3 Å². The maximum atomic E-state index is 12.3. The molecule has 1 fully saturated rings. The van der Waals surface area contributed by atoms with Gasteiger partial charge in [0.1, 0.15) is 6.04 Å². The Balaban J connectivity index is 2.06. The van der Waals surface area contributed by atoms with Gasteiger partial charge in [0, 0.05) is 31.7 Å². The number of hydrogen-bond donors (Lipinski definition) is 1. The van der Waals surface area contributed by atoms with Crippen molar-refractivity contribution in [1.82, 2.24) is 14.0 Å². The quantitative estimate of drug-likeness (QED) is 0.834. The van der Waals surface area contributed by atoms with Gasteiger partial charge < -0.3 is 4.90 Å². The molecule has 118 valence electrons. The Kier molecular flexibility index (Phi) is 5.17. The fourth-order valence-corrected chi connectivity index (χ4v) is 4.02. The lowest BCUT2D eigenvalue weighted by atomic mass is 10.2. The first-order valence-corrected chi connectivity index (χ1v) is 9.21. The normalized spacial score (nSPS) is 19.2. The number of aromatic nitrogens is 1. The van der Waals surface area contributed by atoms with Crippen LogP contribution in [0.2, 0.25) is 0 Å². The van der Waals surface area contributed by atoms with E-state index >= 15 is 0 Å². The Morgan fingerprint density at radius 2 is 2.38 bits per heavy atom. The van der Waals surface area contributed by atoms with Gasteiger partial charge in [-0.2, -0.15) is 12.7 Å². The van der Waals surface area contributed by atoms with Gasteiger partial charge in [0.2, 0.25) is 0 Å². The smallest absolute Gasteiger partial charge is 0.303 e. The topological polar surface area (TPSA) is 82.6 Å². The molecule has 0 aliphatic carbocycles. The number of nitrogens with zero attached hydrogens (tertiary/aromatic N) is 3. The van der Waals surface area contributed by atoms with Gasteiger partial charge in [-0.3, -0.25) is 4.79 Å². The Bertz CT molecular complexity index is 573. The van der Waals surface area contributed by atoms with Crippen molar-refractivity contribution in [1.29, 1.82) is 0 Å². The molecule has 1 N–H and O–H groups in total. The van der Waals surface area contributed by atoms with Gasteiger partial charge in [0.05, 0.1) is 0 Å². The molecule has 9 heteroatoms. The van der Waals surface area contributed by atoms with Crippen molar-refractivity contribution >= 4 is 32.6 Å². The SMILES string of the molecule is CCCN(C)S(=O)(=O)NC(=O)C1CCCN1c1nccs1. The molecule has 2 rings (SSSR count). The summed E-state index contributed by atoms with van der Waals surface area (Å²) in [5.74, 6) is -0.481. The highest BCUT2D eigenvalue weighted by atomic mass is 32.2. The first kappa shape index (κ1) is 16.2. The Morgan fingerprint density at radius 3 is 3.00 bits per heavy atom. The predicted molar refractivity (Wildman–Crippen MR) is 82.5 cm³/mol. The molecular weight excluding hydrogens is 312 g/mol. The zero-order valence-corrected chi connectivity index (χ0v) is 13.8. The van der Waals surface area contributed by atoms with Crippen LogP contribution in [-0.4, -0.2) is 49.8 Å². The number of nitrogens with one attached hydrogen (secondary N) is 1. The summed E-state index contributed by atoms with van der Waals surface area (Å²) < 4.78 is 27.4. The highest BCUT2D eigenvalue weighted by Crippen LogP contribution is 2.27. The third kappa shape index (κ3) is 3.72. The Hall–Kier alpha value is -1.19. The molecule has 2 heterocycles. The summed E-state index contributed by atoms with van der Waals surface area (Å²) in [6.07, 6.45) is 3.86.